The first kappa shape index (κ1) is 10.4. The van der Waals surface area contributed by atoms with E-state index in [2.05, 4.69) is 72.9 Å². The van der Waals surface area contributed by atoms with E-state index in [0.717, 1.165) is 6.42 Å². The summed E-state index contributed by atoms with van der Waals surface area (Å²) in [4.78, 5) is 0. The minimum absolute atomic E-state index is 0.0322. The van der Waals surface area contributed by atoms with E-state index >= 15 is 0 Å². The highest BCUT2D eigenvalue weighted by atomic mass is 14.5. The summed E-state index contributed by atoms with van der Waals surface area (Å²) >= 11 is 0. The maximum Gasteiger partial charge on any atom is 0.0649 e. The molecule has 20 heavy (non-hydrogen) atoms. The molecule has 1 aromatic rings. The van der Waals surface area contributed by atoms with Crippen molar-refractivity contribution in [3.63, 3.8) is 0 Å². The average Bonchev–Trinajstić information content (AvgIpc) is 2.81. The third kappa shape index (κ3) is 1.01. The van der Waals surface area contributed by atoms with Crippen molar-refractivity contribution in [1.29, 1.82) is 0 Å². The lowest BCUT2D eigenvalue weighted by molar-refractivity contribution is 0.771. The predicted molar refractivity (Wildman–Crippen MR) is 83.2 cm³/mol. The molecule has 0 N–H and O–H groups in total. The molecule has 4 aliphatic carbocycles. The minimum atomic E-state index is -0.0322. The van der Waals surface area contributed by atoms with E-state index in [9.17, 15) is 0 Å². The second-order valence-corrected chi connectivity index (χ2v) is 5.78. The molecule has 0 fully saturated rings. The summed E-state index contributed by atoms with van der Waals surface area (Å²) in [7, 11) is 0. The van der Waals surface area contributed by atoms with Gasteiger partial charge in [0.05, 0.1) is 5.41 Å². The summed E-state index contributed by atoms with van der Waals surface area (Å²) in [5.74, 6) is 0. The van der Waals surface area contributed by atoms with Gasteiger partial charge in [-0.2, -0.15) is 0 Å². The molecule has 1 atom stereocenters. The summed E-state index contributed by atoms with van der Waals surface area (Å²) in [6, 6.07) is 8.91. The molecule has 94 valence electrons. The van der Waals surface area contributed by atoms with Crippen LogP contribution in [-0.2, 0) is 5.41 Å². The molecule has 4 aliphatic rings. The van der Waals surface area contributed by atoms with Gasteiger partial charge >= 0.3 is 0 Å². The third-order valence-corrected chi connectivity index (χ3v) is 4.91. The molecular formula is C20H14. The van der Waals surface area contributed by atoms with E-state index in [1.165, 1.54) is 33.4 Å². The predicted octanol–water partition coefficient (Wildman–Crippen LogP) is 4.64. The van der Waals surface area contributed by atoms with Crippen LogP contribution < -0.4 is 0 Å². The van der Waals surface area contributed by atoms with Gasteiger partial charge in [0.1, 0.15) is 0 Å². The molecule has 5 rings (SSSR count). The van der Waals surface area contributed by atoms with Crippen molar-refractivity contribution in [2.45, 2.75) is 11.8 Å². The lowest BCUT2D eigenvalue weighted by Gasteiger charge is -2.37. The second-order valence-electron chi connectivity index (χ2n) is 5.78. The van der Waals surface area contributed by atoms with Gasteiger partial charge in [0.2, 0.25) is 0 Å². The van der Waals surface area contributed by atoms with Crippen LogP contribution in [0.2, 0.25) is 0 Å². The lowest BCUT2D eigenvalue weighted by atomic mass is 9.64. The summed E-state index contributed by atoms with van der Waals surface area (Å²) in [5.41, 5.74) is 8.66. The van der Waals surface area contributed by atoms with Crippen LogP contribution in [0.3, 0.4) is 0 Å². The van der Waals surface area contributed by atoms with Gasteiger partial charge in [0, 0.05) is 0 Å². The highest BCUT2D eigenvalue weighted by molar-refractivity contribution is 5.92. The highest BCUT2D eigenvalue weighted by Crippen LogP contribution is 2.58. The van der Waals surface area contributed by atoms with E-state index in [4.69, 9.17) is 0 Å². The van der Waals surface area contributed by atoms with Crippen LogP contribution >= 0.6 is 0 Å². The zero-order valence-corrected chi connectivity index (χ0v) is 11.1. The van der Waals surface area contributed by atoms with Crippen molar-refractivity contribution < 1.29 is 0 Å². The number of rotatable bonds is 0. The van der Waals surface area contributed by atoms with Crippen molar-refractivity contribution in [3.8, 4) is 0 Å². The SMILES string of the molecule is C1=CC2=CC=C3C=CCC4=C3C2(C=C1)c1ccccc14. The molecule has 0 heterocycles. The van der Waals surface area contributed by atoms with Crippen molar-refractivity contribution in [1.82, 2.24) is 0 Å². The van der Waals surface area contributed by atoms with Crippen molar-refractivity contribution in [3.05, 3.63) is 101 Å². The van der Waals surface area contributed by atoms with Crippen LogP contribution in [0.15, 0.2) is 89.6 Å². The standard InChI is InChI=1S/C20H14/c1-2-10-18-16(8-1)17-9-5-6-14-11-12-15-7-3-4-13-20(15,18)19(14)17/h1-8,10-13H,9H2. The quantitative estimate of drug-likeness (QED) is 0.632. The van der Waals surface area contributed by atoms with Crippen LogP contribution in [0.1, 0.15) is 17.5 Å². The van der Waals surface area contributed by atoms with E-state index in [1.54, 1.807) is 0 Å². The van der Waals surface area contributed by atoms with Gasteiger partial charge in [-0.3, -0.25) is 0 Å². The molecule has 0 amide bonds. The van der Waals surface area contributed by atoms with Gasteiger partial charge in [-0.1, -0.05) is 72.9 Å². The number of hydrogen-bond acceptors (Lipinski definition) is 0. The molecule has 0 saturated heterocycles. The molecular weight excluding hydrogens is 240 g/mol. The third-order valence-electron chi connectivity index (χ3n) is 4.91. The average molecular weight is 254 g/mol. The summed E-state index contributed by atoms with van der Waals surface area (Å²) < 4.78 is 0. The summed E-state index contributed by atoms with van der Waals surface area (Å²) in [6.45, 7) is 0. The number of allylic oxidation sites excluding steroid dienone is 12. The molecule has 1 aromatic carbocycles. The van der Waals surface area contributed by atoms with Gasteiger partial charge < -0.3 is 0 Å². The molecule has 0 aromatic heterocycles. The summed E-state index contributed by atoms with van der Waals surface area (Å²) in [6.07, 6.45) is 19.2. The van der Waals surface area contributed by atoms with Gasteiger partial charge in [0.25, 0.3) is 0 Å². The van der Waals surface area contributed by atoms with Gasteiger partial charge in [0.15, 0.2) is 0 Å². The molecule has 1 unspecified atom stereocenters. The largest absolute Gasteiger partial charge is 0.0795 e. The topological polar surface area (TPSA) is 0 Å². The molecule has 0 nitrogen and oxygen atoms in total. The first-order chi connectivity index (χ1) is 9.91. The van der Waals surface area contributed by atoms with Gasteiger partial charge in [-0.05, 0) is 39.8 Å². The van der Waals surface area contributed by atoms with Crippen LogP contribution in [0, 0.1) is 0 Å². The summed E-state index contributed by atoms with van der Waals surface area (Å²) in [5, 5.41) is 0. The van der Waals surface area contributed by atoms with Crippen LogP contribution in [-0.4, -0.2) is 0 Å². The first-order valence-corrected chi connectivity index (χ1v) is 7.20. The van der Waals surface area contributed by atoms with Crippen molar-refractivity contribution in [2.75, 3.05) is 0 Å². The Hall–Kier alpha value is -2.34. The Balaban J connectivity index is 1.96. The lowest BCUT2D eigenvalue weighted by Crippen LogP contribution is -2.30. The normalized spacial score (nSPS) is 27.8. The van der Waals surface area contributed by atoms with Crippen LogP contribution in [0.5, 0.6) is 0 Å². The Bertz CT molecular complexity index is 821. The zero-order valence-electron chi connectivity index (χ0n) is 11.1. The fourth-order valence-corrected chi connectivity index (χ4v) is 4.16. The van der Waals surface area contributed by atoms with Gasteiger partial charge in [-0.25, -0.2) is 0 Å². The Labute approximate surface area is 118 Å². The maximum atomic E-state index is 2.38. The number of benzene rings is 1. The van der Waals surface area contributed by atoms with E-state index in [0.29, 0.717) is 0 Å². The van der Waals surface area contributed by atoms with Crippen LogP contribution in [0.4, 0.5) is 0 Å². The Morgan fingerprint density at radius 1 is 0.950 bits per heavy atom. The first-order valence-electron chi connectivity index (χ1n) is 7.20. The van der Waals surface area contributed by atoms with Crippen molar-refractivity contribution >= 4 is 5.57 Å². The van der Waals surface area contributed by atoms with Gasteiger partial charge in [-0.15, -0.1) is 0 Å². The molecule has 0 bridgehead atoms. The Morgan fingerprint density at radius 3 is 2.90 bits per heavy atom. The highest BCUT2D eigenvalue weighted by Gasteiger charge is 2.47. The Morgan fingerprint density at radius 2 is 1.90 bits per heavy atom. The molecule has 1 spiro atoms. The monoisotopic (exact) mass is 254 g/mol. The fourth-order valence-electron chi connectivity index (χ4n) is 4.16. The second kappa shape index (κ2) is 3.40. The number of fused-ring (bicyclic) bond motifs is 2. The molecule has 0 heteroatoms. The van der Waals surface area contributed by atoms with E-state index < -0.39 is 0 Å². The smallest absolute Gasteiger partial charge is 0.0649 e. The number of hydrogen-bond donors (Lipinski definition) is 0. The molecule has 0 aliphatic heterocycles. The van der Waals surface area contributed by atoms with Crippen LogP contribution in [0.25, 0.3) is 5.57 Å². The maximum absolute atomic E-state index is 2.38. The molecule has 0 radical (unpaired) electrons. The van der Waals surface area contributed by atoms with E-state index in [1.807, 2.05) is 0 Å². The fraction of sp³-hybridized carbons (Fsp3) is 0.100. The van der Waals surface area contributed by atoms with E-state index in [-0.39, 0.29) is 5.41 Å². The minimum Gasteiger partial charge on any atom is -0.0795 e. The molecule has 0 saturated carbocycles. The zero-order chi connectivity index (χ0) is 13.2. The Kier molecular flexibility index (Phi) is 1.78. The van der Waals surface area contributed by atoms with Crippen molar-refractivity contribution in [2.24, 2.45) is 0 Å².